The molecule has 1 unspecified atom stereocenters. The van der Waals surface area contributed by atoms with Crippen molar-refractivity contribution in [3.63, 3.8) is 0 Å². The van der Waals surface area contributed by atoms with Crippen LogP contribution in [0, 0.1) is 6.92 Å². The Bertz CT molecular complexity index is 787. The number of ether oxygens (including phenoxy) is 2. The van der Waals surface area contributed by atoms with Crippen LogP contribution < -0.4 is 20.1 Å². The molecule has 1 atom stereocenters. The molecular formula is C18H25N5O3. The van der Waals surface area contributed by atoms with Crippen molar-refractivity contribution in [3.05, 3.63) is 35.0 Å². The van der Waals surface area contributed by atoms with E-state index in [-0.39, 0.29) is 6.10 Å². The summed E-state index contributed by atoms with van der Waals surface area (Å²) in [7, 11) is 1.72. The van der Waals surface area contributed by atoms with Crippen LogP contribution in [0.2, 0.25) is 0 Å². The summed E-state index contributed by atoms with van der Waals surface area (Å²) in [4.78, 5) is 8.38. The number of aromatic nitrogens is 2. The molecule has 140 valence electrons. The van der Waals surface area contributed by atoms with Gasteiger partial charge in [0.2, 0.25) is 5.89 Å². The monoisotopic (exact) mass is 359 g/mol. The number of guanidine groups is 1. The van der Waals surface area contributed by atoms with Gasteiger partial charge in [0.1, 0.15) is 17.6 Å². The number of rotatable bonds is 6. The third-order valence-corrected chi connectivity index (χ3v) is 4.03. The molecule has 0 spiro atoms. The van der Waals surface area contributed by atoms with E-state index in [0.29, 0.717) is 37.4 Å². The fourth-order valence-electron chi connectivity index (χ4n) is 2.88. The van der Waals surface area contributed by atoms with E-state index < -0.39 is 0 Å². The fraction of sp³-hybridized carbons (Fsp3) is 0.500. The molecule has 0 bridgehead atoms. The number of benzene rings is 1. The third kappa shape index (κ3) is 4.25. The highest BCUT2D eigenvalue weighted by atomic mass is 16.5. The van der Waals surface area contributed by atoms with Crippen LogP contribution in [0.5, 0.6) is 11.5 Å². The summed E-state index contributed by atoms with van der Waals surface area (Å²) in [6.07, 6.45) is 1.12. The first-order chi connectivity index (χ1) is 12.6. The number of fused-ring (bicyclic) bond motifs is 1. The van der Waals surface area contributed by atoms with Gasteiger partial charge in [0, 0.05) is 38.1 Å². The van der Waals surface area contributed by atoms with E-state index in [0.717, 1.165) is 23.5 Å². The van der Waals surface area contributed by atoms with Gasteiger partial charge in [0.05, 0.1) is 13.2 Å². The molecule has 8 heteroatoms. The molecule has 0 fully saturated rings. The lowest BCUT2D eigenvalue weighted by Crippen LogP contribution is -2.36. The molecular weight excluding hydrogens is 334 g/mol. The van der Waals surface area contributed by atoms with Crippen molar-refractivity contribution in [2.24, 2.45) is 4.99 Å². The van der Waals surface area contributed by atoms with Crippen molar-refractivity contribution in [2.75, 3.05) is 13.7 Å². The topological polar surface area (TPSA) is 93.8 Å². The van der Waals surface area contributed by atoms with Gasteiger partial charge in [0.25, 0.3) is 0 Å². The van der Waals surface area contributed by atoms with E-state index in [9.17, 15) is 0 Å². The molecule has 0 saturated carbocycles. The van der Waals surface area contributed by atoms with Crippen LogP contribution in [-0.2, 0) is 19.5 Å². The Morgan fingerprint density at radius 1 is 1.35 bits per heavy atom. The number of hydrogen-bond acceptors (Lipinski definition) is 6. The zero-order valence-corrected chi connectivity index (χ0v) is 15.6. The number of aliphatic imine (C=N–C) groups is 1. The Labute approximate surface area is 153 Å². The summed E-state index contributed by atoms with van der Waals surface area (Å²) >= 11 is 0. The lowest BCUT2D eigenvalue weighted by molar-refractivity contribution is 0.254. The van der Waals surface area contributed by atoms with Crippen LogP contribution in [0.4, 0.5) is 0 Å². The second-order valence-corrected chi connectivity index (χ2v) is 6.14. The quantitative estimate of drug-likeness (QED) is 0.601. The first-order valence-electron chi connectivity index (χ1n) is 8.78. The summed E-state index contributed by atoms with van der Waals surface area (Å²) in [5.74, 6) is 3.58. The van der Waals surface area contributed by atoms with Crippen LogP contribution in [0.15, 0.2) is 21.6 Å². The average Bonchev–Trinajstić information content (AvgIpc) is 3.19. The minimum absolute atomic E-state index is 0.204. The van der Waals surface area contributed by atoms with Gasteiger partial charge in [0.15, 0.2) is 11.8 Å². The largest absolute Gasteiger partial charge is 0.494 e. The first-order valence-corrected chi connectivity index (χ1v) is 8.78. The van der Waals surface area contributed by atoms with Crippen LogP contribution >= 0.6 is 0 Å². The van der Waals surface area contributed by atoms with Crippen molar-refractivity contribution in [2.45, 2.75) is 46.4 Å². The van der Waals surface area contributed by atoms with Gasteiger partial charge in [-0.3, -0.25) is 4.99 Å². The molecule has 2 heterocycles. The number of nitrogens with one attached hydrogen (secondary N) is 2. The first kappa shape index (κ1) is 18.0. The highest BCUT2D eigenvalue weighted by Crippen LogP contribution is 2.35. The number of aryl methyl sites for hydroxylation is 1. The molecule has 2 aromatic rings. The molecule has 8 nitrogen and oxygen atoms in total. The van der Waals surface area contributed by atoms with Gasteiger partial charge in [-0.2, -0.15) is 4.98 Å². The Kier molecular flexibility index (Phi) is 5.60. The lowest BCUT2D eigenvalue weighted by Gasteiger charge is -2.15. The van der Waals surface area contributed by atoms with Gasteiger partial charge in [-0.15, -0.1) is 0 Å². The van der Waals surface area contributed by atoms with E-state index >= 15 is 0 Å². The minimum Gasteiger partial charge on any atom is -0.494 e. The highest BCUT2D eigenvalue weighted by molar-refractivity contribution is 5.79. The fourth-order valence-corrected chi connectivity index (χ4v) is 2.88. The maximum Gasteiger partial charge on any atom is 0.223 e. The third-order valence-electron chi connectivity index (χ3n) is 4.03. The smallest absolute Gasteiger partial charge is 0.223 e. The Morgan fingerprint density at radius 2 is 2.15 bits per heavy atom. The number of nitrogens with zero attached hydrogens (tertiary/aromatic N) is 3. The van der Waals surface area contributed by atoms with Gasteiger partial charge in [-0.05, 0) is 26.0 Å². The zero-order chi connectivity index (χ0) is 18.5. The lowest BCUT2D eigenvalue weighted by atomic mass is 10.1. The van der Waals surface area contributed by atoms with Gasteiger partial charge < -0.3 is 24.6 Å². The molecule has 2 N–H and O–H groups in total. The molecule has 0 saturated heterocycles. The standard InChI is InChI=1S/C18H25N5O3/c1-5-24-15-7-13-6-11(2)25-16(13)8-14(15)9-20-18(19-4)21-10-17-22-12(3)26-23-17/h7-8,11H,5-6,9-10H2,1-4H3,(H2,19,20,21). The molecule has 26 heavy (non-hydrogen) atoms. The molecule has 1 aromatic heterocycles. The summed E-state index contributed by atoms with van der Waals surface area (Å²) < 4.78 is 16.6. The Hall–Kier alpha value is -2.77. The van der Waals surface area contributed by atoms with Crippen LogP contribution in [0.3, 0.4) is 0 Å². The van der Waals surface area contributed by atoms with Crippen molar-refractivity contribution in [3.8, 4) is 11.5 Å². The van der Waals surface area contributed by atoms with E-state index in [4.69, 9.17) is 14.0 Å². The normalized spacial score (nSPS) is 16.2. The molecule has 1 aromatic carbocycles. The van der Waals surface area contributed by atoms with Crippen molar-refractivity contribution >= 4 is 5.96 Å². The summed E-state index contributed by atoms with van der Waals surface area (Å²) in [5.41, 5.74) is 2.22. The predicted octanol–water partition coefficient (Wildman–Crippen LogP) is 1.97. The van der Waals surface area contributed by atoms with Gasteiger partial charge in [-0.25, -0.2) is 0 Å². The molecule has 3 rings (SSSR count). The van der Waals surface area contributed by atoms with Gasteiger partial charge in [-0.1, -0.05) is 5.16 Å². The van der Waals surface area contributed by atoms with Crippen LogP contribution in [-0.4, -0.2) is 35.9 Å². The van der Waals surface area contributed by atoms with Gasteiger partial charge >= 0.3 is 0 Å². The second kappa shape index (κ2) is 8.07. The maximum absolute atomic E-state index is 5.87. The summed E-state index contributed by atoms with van der Waals surface area (Å²) in [6.45, 7) is 7.42. The van der Waals surface area contributed by atoms with Crippen molar-refractivity contribution in [1.82, 2.24) is 20.8 Å². The molecule has 0 radical (unpaired) electrons. The molecule has 0 aliphatic carbocycles. The number of hydrogen-bond donors (Lipinski definition) is 2. The molecule has 1 aliphatic rings. The summed E-state index contributed by atoms with van der Waals surface area (Å²) in [6, 6.07) is 4.13. The maximum atomic E-state index is 5.87. The summed E-state index contributed by atoms with van der Waals surface area (Å²) in [5, 5.41) is 10.3. The Morgan fingerprint density at radius 3 is 2.85 bits per heavy atom. The molecule has 1 aliphatic heterocycles. The van der Waals surface area contributed by atoms with Crippen molar-refractivity contribution < 1.29 is 14.0 Å². The van der Waals surface area contributed by atoms with Crippen LogP contribution in [0.1, 0.15) is 36.7 Å². The highest BCUT2D eigenvalue weighted by Gasteiger charge is 2.21. The van der Waals surface area contributed by atoms with E-state index in [1.165, 1.54) is 5.56 Å². The van der Waals surface area contributed by atoms with E-state index in [2.05, 4.69) is 38.8 Å². The second-order valence-electron chi connectivity index (χ2n) is 6.14. The van der Waals surface area contributed by atoms with Crippen LogP contribution in [0.25, 0.3) is 0 Å². The van der Waals surface area contributed by atoms with Crippen molar-refractivity contribution in [1.29, 1.82) is 0 Å². The molecule has 0 amide bonds. The Balaban J connectivity index is 1.64. The zero-order valence-electron chi connectivity index (χ0n) is 15.6. The predicted molar refractivity (Wildman–Crippen MR) is 97.5 cm³/mol. The van der Waals surface area contributed by atoms with E-state index in [1.54, 1.807) is 14.0 Å². The average molecular weight is 359 g/mol. The van der Waals surface area contributed by atoms with E-state index in [1.807, 2.05) is 13.0 Å². The SMILES string of the molecule is CCOc1cc2c(cc1CNC(=NC)NCc1noc(C)n1)OC(C)C2. The minimum atomic E-state index is 0.204.